The molecule has 0 spiro atoms. The first-order valence-corrected chi connectivity index (χ1v) is 8.93. The lowest BCUT2D eigenvalue weighted by Crippen LogP contribution is -2.40. The van der Waals surface area contributed by atoms with E-state index in [1.807, 2.05) is 18.2 Å². The fourth-order valence-electron chi connectivity index (χ4n) is 2.50. The van der Waals surface area contributed by atoms with Gasteiger partial charge in [0.05, 0.1) is 13.7 Å². The maximum Gasteiger partial charge on any atom is 0.193 e. The summed E-state index contributed by atoms with van der Waals surface area (Å²) in [5, 5.41) is 3.35. The Morgan fingerprint density at radius 2 is 2.08 bits per heavy atom. The predicted molar refractivity (Wildman–Crippen MR) is 114 cm³/mol. The highest BCUT2D eigenvalue weighted by Gasteiger charge is 2.21. The van der Waals surface area contributed by atoms with Gasteiger partial charge in [0.15, 0.2) is 5.96 Å². The summed E-state index contributed by atoms with van der Waals surface area (Å²) in [6.45, 7) is 6.20. The number of halogens is 1. The SMILES string of the molecule is CCNC(=NCCc1ccccc1OC)N(C)CCOCC1CC1.I. The van der Waals surface area contributed by atoms with E-state index in [2.05, 4.69) is 30.3 Å². The van der Waals surface area contributed by atoms with Crippen LogP contribution in [0.15, 0.2) is 29.3 Å². The molecule has 0 bridgehead atoms. The van der Waals surface area contributed by atoms with Crippen LogP contribution in [0, 0.1) is 5.92 Å². The zero-order chi connectivity index (χ0) is 17.2. The van der Waals surface area contributed by atoms with Crippen molar-refractivity contribution in [1.82, 2.24) is 10.2 Å². The number of guanidine groups is 1. The molecule has 1 aliphatic carbocycles. The highest BCUT2D eigenvalue weighted by Crippen LogP contribution is 2.28. The molecule has 0 atom stereocenters. The average molecular weight is 461 g/mol. The first kappa shape index (κ1) is 22.0. The smallest absolute Gasteiger partial charge is 0.193 e. The topological polar surface area (TPSA) is 46.1 Å². The maximum absolute atomic E-state index is 5.72. The third kappa shape index (κ3) is 8.27. The molecular formula is C19H32IN3O2. The largest absolute Gasteiger partial charge is 0.496 e. The summed E-state index contributed by atoms with van der Waals surface area (Å²) in [6.07, 6.45) is 3.54. The van der Waals surface area contributed by atoms with E-state index < -0.39 is 0 Å². The molecule has 2 rings (SSSR count). The zero-order valence-corrected chi connectivity index (χ0v) is 18.0. The van der Waals surface area contributed by atoms with E-state index in [-0.39, 0.29) is 24.0 Å². The van der Waals surface area contributed by atoms with Crippen LogP contribution >= 0.6 is 24.0 Å². The van der Waals surface area contributed by atoms with Gasteiger partial charge < -0.3 is 19.7 Å². The van der Waals surface area contributed by atoms with Crippen molar-refractivity contribution in [3.8, 4) is 5.75 Å². The zero-order valence-electron chi connectivity index (χ0n) is 15.7. The van der Waals surface area contributed by atoms with Crippen LogP contribution < -0.4 is 10.1 Å². The van der Waals surface area contributed by atoms with Gasteiger partial charge in [-0.2, -0.15) is 0 Å². The van der Waals surface area contributed by atoms with E-state index in [0.29, 0.717) is 0 Å². The van der Waals surface area contributed by atoms with Gasteiger partial charge in [-0.05, 0) is 43.7 Å². The third-order valence-corrected chi connectivity index (χ3v) is 4.15. The van der Waals surface area contributed by atoms with E-state index in [0.717, 1.165) is 56.9 Å². The van der Waals surface area contributed by atoms with E-state index in [9.17, 15) is 0 Å². The van der Waals surface area contributed by atoms with Crippen molar-refractivity contribution in [2.45, 2.75) is 26.2 Å². The third-order valence-electron chi connectivity index (χ3n) is 4.15. The van der Waals surface area contributed by atoms with Gasteiger partial charge in [0.1, 0.15) is 5.75 Å². The Bertz CT molecular complexity index is 521. The van der Waals surface area contributed by atoms with Gasteiger partial charge in [0.25, 0.3) is 0 Å². The van der Waals surface area contributed by atoms with E-state index in [1.54, 1.807) is 7.11 Å². The van der Waals surface area contributed by atoms with Crippen molar-refractivity contribution in [1.29, 1.82) is 0 Å². The molecule has 0 radical (unpaired) electrons. The fraction of sp³-hybridized carbons (Fsp3) is 0.632. The highest BCUT2D eigenvalue weighted by molar-refractivity contribution is 14.0. The summed E-state index contributed by atoms with van der Waals surface area (Å²) in [7, 11) is 3.77. The van der Waals surface area contributed by atoms with Gasteiger partial charge in [-0.15, -0.1) is 24.0 Å². The monoisotopic (exact) mass is 461 g/mol. The normalized spacial score (nSPS) is 14.0. The molecule has 1 N–H and O–H groups in total. The first-order chi connectivity index (χ1) is 11.7. The number of rotatable bonds is 10. The van der Waals surface area contributed by atoms with Gasteiger partial charge >= 0.3 is 0 Å². The van der Waals surface area contributed by atoms with Crippen LogP contribution in [0.2, 0.25) is 0 Å². The van der Waals surface area contributed by atoms with Crippen LogP contribution in [-0.4, -0.2) is 57.9 Å². The summed E-state index contributed by atoms with van der Waals surface area (Å²) in [5.74, 6) is 2.68. The quantitative estimate of drug-likeness (QED) is 0.252. The fourth-order valence-corrected chi connectivity index (χ4v) is 2.50. The molecule has 1 saturated carbocycles. The Balaban J connectivity index is 0.00000312. The van der Waals surface area contributed by atoms with Gasteiger partial charge in [0.2, 0.25) is 0 Å². The Labute approximate surface area is 169 Å². The number of benzene rings is 1. The number of hydrogen-bond acceptors (Lipinski definition) is 3. The summed E-state index contributed by atoms with van der Waals surface area (Å²) >= 11 is 0. The highest BCUT2D eigenvalue weighted by atomic mass is 127. The van der Waals surface area contributed by atoms with Crippen molar-refractivity contribution in [3.63, 3.8) is 0 Å². The van der Waals surface area contributed by atoms with Crippen LogP contribution in [0.3, 0.4) is 0 Å². The number of ether oxygens (including phenoxy) is 2. The maximum atomic E-state index is 5.72. The molecule has 25 heavy (non-hydrogen) atoms. The molecule has 1 aromatic carbocycles. The Hall–Kier alpha value is -1.02. The molecule has 1 fully saturated rings. The average Bonchev–Trinajstić information content (AvgIpc) is 3.42. The number of nitrogens with zero attached hydrogens (tertiary/aromatic N) is 2. The molecule has 5 nitrogen and oxygen atoms in total. The summed E-state index contributed by atoms with van der Waals surface area (Å²) < 4.78 is 11.1. The molecular weight excluding hydrogens is 429 g/mol. The number of methoxy groups -OCH3 is 1. The number of para-hydroxylation sites is 1. The van der Waals surface area contributed by atoms with Crippen molar-refractivity contribution in [2.75, 3.05) is 47.0 Å². The molecule has 142 valence electrons. The molecule has 1 aliphatic rings. The minimum Gasteiger partial charge on any atom is -0.496 e. The first-order valence-electron chi connectivity index (χ1n) is 8.93. The molecule has 0 heterocycles. The van der Waals surface area contributed by atoms with Crippen LogP contribution in [0.4, 0.5) is 0 Å². The Morgan fingerprint density at radius 3 is 2.76 bits per heavy atom. The van der Waals surface area contributed by atoms with Crippen molar-refractivity contribution >= 4 is 29.9 Å². The number of aliphatic imine (C=N–C) groups is 1. The van der Waals surface area contributed by atoms with Crippen LogP contribution in [-0.2, 0) is 11.2 Å². The van der Waals surface area contributed by atoms with E-state index in [4.69, 9.17) is 14.5 Å². The summed E-state index contributed by atoms with van der Waals surface area (Å²) in [5.41, 5.74) is 1.19. The van der Waals surface area contributed by atoms with Gasteiger partial charge in [-0.1, -0.05) is 18.2 Å². The number of hydrogen-bond donors (Lipinski definition) is 1. The van der Waals surface area contributed by atoms with Crippen LogP contribution in [0.25, 0.3) is 0 Å². The molecule has 0 aliphatic heterocycles. The van der Waals surface area contributed by atoms with Crippen LogP contribution in [0.1, 0.15) is 25.3 Å². The molecule has 1 aromatic rings. The summed E-state index contributed by atoms with van der Waals surface area (Å²) in [4.78, 5) is 6.87. The van der Waals surface area contributed by atoms with E-state index in [1.165, 1.54) is 18.4 Å². The number of nitrogens with one attached hydrogen (secondary N) is 1. The lowest BCUT2D eigenvalue weighted by molar-refractivity contribution is 0.115. The second kappa shape index (κ2) is 12.4. The lowest BCUT2D eigenvalue weighted by Gasteiger charge is -2.22. The molecule has 0 unspecified atom stereocenters. The van der Waals surface area contributed by atoms with Gasteiger partial charge in [-0.3, -0.25) is 4.99 Å². The standard InChI is InChI=1S/C19H31N3O2.HI/c1-4-20-19(22(2)13-14-24-15-16-9-10-16)21-12-11-17-7-5-6-8-18(17)23-3;/h5-8,16H,4,9-15H2,1-3H3,(H,20,21);1H. The molecule has 0 saturated heterocycles. The van der Waals surface area contributed by atoms with Gasteiger partial charge in [-0.25, -0.2) is 0 Å². The Kier molecular flexibility index (Phi) is 10.9. The Morgan fingerprint density at radius 1 is 1.32 bits per heavy atom. The van der Waals surface area contributed by atoms with E-state index >= 15 is 0 Å². The number of likely N-dealkylation sites (N-methyl/N-ethyl adjacent to an activating group) is 1. The molecule has 0 aromatic heterocycles. The van der Waals surface area contributed by atoms with Crippen molar-refractivity contribution in [3.05, 3.63) is 29.8 Å². The lowest BCUT2D eigenvalue weighted by atomic mass is 10.1. The predicted octanol–water partition coefficient (Wildman–Crippen LogP) is 3.18. The minimum absolute atomic E-state index is 0. The van der Waals surface area contributed by atoms with Crippen molar-refractivity contribution in [2.24, 2.45) is 10.9 Å². The van der Waals surface area contributed by atoms with Crippen molar-refractivity contribution < 1.29 is 9.47 Å². The molecule has 0 amide bonds. The van der Waals surface area contributed by atoms with Crippen LogP contribution in [0.5, 0.6) is 5.75 Å². The minimum atomic E-state index is 0. The summed E-state index contributed by atoms with van der Waals surface area (Å²) in [6, 6.07) is 8.12. The second-order valence-electron chi connectivity index (χ2n) is 6.24. The van der Waals surface area contributed by atoms with Gasteiger partial charge in [0, 0.05) is 33.3 Å². The molecule has 6 heteroatoms. The second-order valence-corrected chi connectivity index (χ2v) is 6.24.